The molecule has 14 heavy (non-hydrogen) atoms. The first-order valence-corrected chi connectivity index (χ1v) is 5.12. The van der Waals surface area contributed by atoms with Crippen LogP contribution in [0.15, 0.2) is 30.3 Å². The summed E-state index contributed by atoms with van der Waals surface area (Å²) in [5.41, 5.74) is 0.940. The lowest BCUT2D eigenvalue weighted by Crippen LogP contribution is -2.35. The topological polar surface area (TPSA) is 38.9 Å². The number of hydrogen-bond acceptors (Lipinski definition) is 4. The molecule has 0 aliphatic carbocycles. The molecule has 0 amide bonds. The van der Waals surface area contributed by atoms with Crippen molar-refractivity contribution in [3.05, 3.63) is 30.3 Å². The van der Waals surface area contributed by atoms with E-state index in [2.05, 4.69) is 9.59 Å². The lowest BCUT2D eigenvalue weighted by atomic mass is 10.3. The van der Waals surface area contributed by atoms with Gasteiger partial charge in [0.25, 0.3) is 5.69 Å². The van der Waals surface area contributed by atoms with Gasteiger partial charge in [0, 0.05) is 12.1 Å². The number of benzene rings is 1. The van der Waals surface area contributed by atoms with Crippen molar-refractivity contribution < 1.29 is 9.53 Å². The number of hydrogen-bond donors (Lipinski definition) is 0. The zero-order chi connectivity index (χ0) is 9.80. The summed E-state index contributed by atoms with van der Waals surface area (Å²) in [5.74, 6) is 0. The third-order valence-electron chi connectivity index (χ3n) is 1.63. The summed E-state index contributed by atoms with van der Waals surface area (Å²) in [5, 5.41) is 4.77. The normalized spacial score (nSPS) is 10.1. The molecule has 0 aliphatic rings. The van der Waals surface area contributed by atoms with Gasteiger partial charge in [0.2, 0.25) is 0 Å². The lowest BCUT2D eigenvalue weighted by Gasteiger charge is -1.88. The third kappa shape index (κ3) is 1.88. The van der Waals surface area contributed by atoms with Gasteiger partial charge < -0.3 is 4.74 Å². The van der Waals surface area contributed by atoms with Crippen LogP contribution in [0.5, 0.6) is 5.19 Å². The molecule has 0 bridgehead atoms. The van der Waals surface area contributed by atoms with Crippen LogP contribution in [0.2, 0.25) is 0 Å². The van der Waals surface area contributed by atoms with E-state index >= 15 is 0 Å². The molecule has 2 rings (SSSR count). The molecule has 1 aromatic carbocycles. The summed E-state index contributed by atoms with van der Waals surface area (Å²) in [6.45, 7) is 2.54. The number of rotatable bonds is 3. The summed E-state index contributed by atoms with van der Waals surface area (Å²) < 4.78 is 9.36. The molecule has 0 atom stereocenters. The highest BCUT2D eigenvalue weighted by Gasteiger charge is 2.14. The minimum Gasteiger partial charge on any atom is -0.465 e. The van der Waals surface area contributed by atoms with E-state index in [1.54, 1.807) is 4.80 Å². The van der Waals surface area contributed by atoms with Gasteiger partial charge in [0.1, 0.15) is 16.0 Å². The van der Waals surface area contributed by atoms with Crippen molar-refractivity contribution >= 4 is 11.5 Å². The van der Waals surface area contributed by atoms with Crippen LogP contribution in [0.3, 0.4) is 0 Å². The van der Waals surface area contributed by atoms with Crippen LogP contribution in [0, 0.1) is 0 Å². The molecule has 0 fully saturated rings. The van der Waals surface area contributed by atoms with Gasteiger partial charge in [-0.1, -0.05) is 18.2 Å². The van der Waals surface area contributed by atoms with Crippen molar-refractivity contribution in [1.29, 1.82) is 0 Å². The van der Waals surface area contributed by atoms with Gasteiger partial charge in [-0.15, -0.1) is 0 Å². The number of para-hydroxylation sites is 1. The van der Waals surface area contributed by atoms with Crippen molar-refractivity contribution in [2.75, 3.05) is 6.61 Å². The van der Waals surface area contributed by atoms with Crippen LogP contribution < -0.4 is 9.53 Å². The maximum atomic E-state index is 5.23. The first-order valence-electron chi connectivity index (χ1n) is 4.34. The molecule has 72 valence electrons. The molecule has 0 spiro atoms. The fourth-order valence-corrected chi connectivity index (χ4v) is 1.59. The third-order valence-corrected chi connectivity index (χ3v) is 2.22. The second kappa shape index (κ2) is 4.15. The highest BCUT2D eigenvalue weighted by molar-refractivity contribution is 7.06. The molecule has 0 radical (unpaired) electrons. The van der Waals surface area contributed by atoms with Crippen LogP contribution in [-0.4, -0.2) is 16.2 Å². The van der Waals surface area contributed by atoms with Crippen molar-refractivity contribution in [3.8, 4) is 10.9 Å². The van der Waals surface area contributed by atoms with E-state index in [0.29, 0.717) is 11.8 Å². The summed E-state index contributed by atoms with van der Waals surface area (Å²) in [4.78, 5) is 1.57. The maximum absolute atomic E-state index is 5.23. The monoisotopic (exact) mass is 208 g/mol. The number of ether oxygens (including phenoxy) is 1. The van der Waals surface area contributed by atoms with E-state index in [4.69, 9.17) is 4.74 Å². The van der Waals surface area contributed by atoms with Gasteiger partial charge in [0.15, 0.2) is 0 Å². The fourth-order valence-electron chi connectivity index (χ4n) is 1.03. The minimum absolute atomic E-state index is 0.594. The molecular formula is C9H10N3OS+. The lowest BCUT2D eigenvalue weighted by molar-refractivity contribution is -0.710. The highest BCUT2D eigenvalue weighted by atomic mass is 32.1. The Morgan fingerprint density at radius 2 is 2.14 bits per heavy atom. The summed E-state index contributed by atoms with van der Waals surface area (Å²) in [6.07, 6.45) is 0. The molecule has 0 N–H and O–H groups in total. The second-order valence-corrected chi connectivity index (χ2v) is 3.29. The molecule has 0 unspecified atom stereocenters. The molecule has 0 saturated heterocycles. The van der Waals surface area contributed by atoms with Crippen molar-refractivity contribution in [1.82, 2.24) is 9.59 Å². The molecule has 2 aromatic rings. The Morgan fingerprint density at radius 1 is 1.36 bits per heavy atom. The number of aromatic nitrogens is 3. The molecule has 5 heteroatoms. The van der Waals surface area contributed by atoms with E-state index in [1.807, 2.05) is 37.3 Å². The Bertz CT molecular complexity index is 401. The van der Waals surface area contributed by atoms with E-state index in [-0.39, 0.29) is 0 Å². The smallest absolute Gasteiger partial charge is 0.363 e. The predicted octanol–water partition coefficient (Wildman–Crippen LogP) is 1.21. The Morgan fingerprint density at radius 3 is 2.86 bits per heavy atom. The zero-order valence-corrected chi connectivity index (χ0v) is 8.57. The van der Waals surface area contributed by atoms with Crippen molar-refractivity contribution in [2.24, 2.45) is 0 Å². The van der Waals surface area contributed by atoms with E-state index < -0.39 is 0 Å². The van der Waals surface area contributed by atoms with Gasteiger partial charge in [-0.2, -0.15) is 0 Å². The fraction of sp³-hybridized carbons (Fsp3) is 0.222. The van der Waals surface area contributed by atoms with Crippen LogP contribution >= 0.6 is 11.5 Å². The summed E-state index contributed by atoms with van der Waals surface area (Å²) in [6, 6.07) is 9.75. The SMILES string of the molecule is CCOc1n[n+](-c2ccccc2)ns1. The maximum Gasteiger partial charge on any atom is 0.363 e. The van der Waals surface area contributed by atoms with E-state index in [0.717, 1.165) is 5.69 Å². The Balaban J connectivity index is 2.25. The largest absolute Gasteiger partial charge is 0.465 e. The molecular weight excluding hydrogens is 198 g/mol. The molecule has 1 aromatic heterocycles. The molecule has 4 nitrogen and oxygen atoms in total. The van der Waals surface area contributed by atoms with Crippen molar-refractivity contribution in [2.45, 2.75) is 6.92 Å². The van der Waals surface area contributed by atoms with Crippen LogP contribution in [0.4, 0.5) is 0 Å². The standard InChI is InChI=1S/C9H10N3OS/c1-2-13-9-10-12(11-14-9)8-6-4-3-5-7-8/h3-7H,2H2,1H3/q+1. The quantitative estimate of drug-likeness (QED) is 0.712. The van der Waals surface area contributed by atoms with E-state index in [9.17, 15) is 0 Å². The first-order chi connectivity index (χ1) is 6.90. The average molecular weight is 208 g/mol. The van der Waals surface area contributed by atoms with Crippen LogP contribution in [-0.2, 0) is 0 Å². The van der Waals surface area contributed by atoms with Gasteiger partial charge >= 0.3 is 5.19 Å². The highest BCUT2D eigenvalue weighted by Crippen LogP contribution is 2.08. The number of nitrogens with zero attached hydrogens (tertiary/aromatic N) is 3. The van der Waals surface area contributed by atoms with E-state index in [1.165, 1.54) is 11.5 Å². The van der Waals surface area contributed by atoms with Crippen molar-refractivity contribution in [3.63, 3.8) is 0 Å². The van der Waals surface area contributed by atoms with Crippen LogP contribution in [0.1, 0.15) is 6.92 Å². The molecule has 1 heterocycles. The zero-order valence-electron chi connectivity index (χ0n) is 7.75. The van der Waals surface area contributed by atoms with Gasteiger partial charge in [-0.05, 0) is 6.92 Å². The summed E-state index contributed by atoms with van der Waals surface area (Å²) >= 11 is 1.25. The Hall–Kier alpha value is -1.49. The summed E-state index contributed by atoms with van der Waals surface area (Å²) in [7, 11) is 0. The van der Waals surface area contributed by atoms with Gasteiger partial charge in [-0.25, -0.2) is 0 Å². The Labute approximate surface area is 85.9 Å². The Kier molecular flexibility index (Phi) is 2.69. The molecule has 0 aliphatic heterocycles. The van der Waals surface area contributed by atoms with Crippen LogP contribution in [0.25, 0.3) is 5.69 Å². The van der Waals surface area contributed by atoms with Gasteiger partial charge in [-0.3, -0.25) is 0 Å². The predicted molar refractivity (Wildman–Crippen MR) is 52.6 cm³/mol. The first kappa shape index (κ1) is 9.08. The average Bonchev–Trinajstić information content (AvgIpc) is 2.68. The molecule has 0 saturated carbocycles. The minimum atomic E-state index is 0.594. The van der Waals surface area contributed by atoms with Gasteiger partial charge in [0.05, 0.1) is 16.5 Å². The second-order valence-electron chi connectivity index (χ2n) is 2.60.